The number of nitrogens with two attached hydrogens (primary N) is 1. The summed E-state index contributed by atoms with van der Waals surface area (Å²) in [4.78, 5) is 7.89. The van der Waals surface area contributed by atoms with Crippen molar-refractivity contribution in [2.45, 2.75) is 24.5 Å². The van der Waals surface area contributed by atoms with Gasteiger partial charge in [0.05, 0.1) is 17.6 Å². The minimum Gasteiger partial charge on any atom is -1.00 e. The van der Waals surface area contributed by atoms with Gasteiger partial charge in [0.15, 0.2) is 17.9 Å². The molecule has 13 heteroatoms. The second kappa shape index (κ2) is 7.35. The average Bonchev–Trinajstić information content (AvgIpc) is 3.12. The summed E-state index contributed by atoms with van der Waals surface area (Å²) < 4.78 is 6.80. The van der Waals surface area contributed by atoms with Gasteiger partial charge in [0.2, 0.25) is 0 Å². The minimum atomic E-state index is -1.35. The van der Waals surface area contributed by atoms with Gasteiger partial charge in [-0.2, -0.15) is 0 Å². The molecule has 4 atom stereocenters. The Hall–Kier alpha value is -2.22. The van der Waals surface area contributed by atoms with Crippen LogP contribution in [0.4, 0.5) is 5.82 Å². The van der Waals surface area contributed by atoms with Crippen molar-refractivity contribution >= 4 is 22.7 Å². The summed E-state index contributed by atoms with van der Waals surface area (Å²) in [5.74, 6) is -0.288. The number of aliphatic hydroxyl groups excluding tert-OH is 3. The molecular weight excluding hydrogens is 360 g/mol. The van der Waals surface area contributed by atoms with Crippen LogP contribution in [0.5, 0.6) is 0 Å². The van der Waals surface area contributed by atoms with Crippen molar-refractivity contribution in [1.29, 1.82) is 0 Å². The number of amidine groups is 1. The zero-order chi connectivity index (χ0) is 17.4. The Kier molecular flexibility index (Phi) is 5.62. The molecular formula is C12H16ClN6O6-. The topological polar surface area (TPSA) is 192 Å². The number of anilines is 1. The Morgan fingerprint density at radius 1 is 1.36 bits per heavy atom. The summed E-state index contributed by atoms with van der Waals surface area (Å²) in [5.41, 5.74) is 7.89. The first-order valence-corrected chi connectivity index (χ1v) is 6.89. The lowest BCUT2D eigenvalue weighted by Crippen LogP contribution is -3.00. The lowest BCUT2D eigenvalue weighted by molar-refractivity contribution is -0.0508. The van der Waals surface area contributed by atoms with Crippen LogP contribution in [0.1, 0.15) is 11.8 Å². The second-order valence-electron chi connectivity index (χ2n) is 5.20. The quantitative estimate of drug-likeness (QED) is 0.118. The molecule has 0 bridgehead atoms. The Balaban J connectivity index is 0.00000225. The minimum absolute atomic E-state index is 0. The molecule has 4 unspecified atom stereocenters. The fraction of sp³-hybridized carbons (Fsp3) is 0.417. The molecule has 3 heterocycles. The summed E-state index contributed by atoms with van der Waals surface area (Å²) in [6, 6.07) is 0. The third-order valence-corrected chi connectivity index (χ3v) is 3.89. The number of rotatable bonds is 4. The maximum atomic E-state index is 10.2. The molecule has 12 nitrogen and oxygen atoms in total. The van der Waals surface area contributed by atoms with E-state index in [2.05, 4.69) is 15.1 Å². The van der Waals surface area contributed by atoms with Crippen LogP contribution in [-0.2, 0) is 4.74 Å². The zero-order valence-electron chi connectivity index (χ0n) is 12.6. The summed E-state index contributed by atoms with van der Waals surface area (Å²) in [6.45, 7) is -0.487. The van der Waals surface area contributed by atoms with Crippen LogP contribution in [0.15, 0.2) is 17.7 Å². The SMILES string of the molecule is NC(=NO)c1cn(C2OC(CO)C(O)C2O)c2ncnc(NO)c12.[Cl-]. The van der Waals surface area contributed by atoms with Crippen molar-refractivity contribution in [3.05, 3.63) is 18.1 Å². The maximum absolute atomic E-state index is 10.2. The van der Waals surface area contributed by atoms with Crippen LogP contribution in [0.3, 0.4) is 0 Å². The first-order chi connectivity index (χ1) is 11.5. The Bertz CT molecular complexity index is 785. The van der Waals surface area contributed by atoms with Crippen LogP contribution in [-0.4, -0.2) is 71.0 Å². The molecule has 3 rings (SSSR count). The van der Waals surface area contributed by atoms with E-state index < -0.39 is 31.1 Å². The molecule has 2 aromatic rings. The van der Waals surface area contributed by atoms with Crippen molar-refractivity contribution in [2.75, 3.05) is 12.1 Å². The molecule has 2 aromatic heterocycles. The first kappa shape index (κ1) is 19.1. The van der Waals surface area contributed by atoms with E-state index in [1.165, 1.54) is 10.8 Å². The number of nitrogens with zero attached hydrogens (tertiary/aromatic N) is 4. The number of ether oxygens (including phenoxy) is 1. The van der Waals surface area contributed by atoms with Crippen LogP contribution in [0, 0.1) is 0 Å². The Morgan fingerprint density at radius 3 is 2.64 bits per heavy atom. The van der Waals surface area contributed by atoms with E-state index in [0.29, 0.717) is 0 Å². The number of nitrogens with one attached hydrogen (secondary N) is 1. The van der Waals surface area contributed by atoms with E-state index in [1.807, 2.05) is 5.48 Å². The third kappa shape index (κ3) is 2.95. The molecule has 0 spiro atoms. The molecule has 1 fully saturated rings. The standard InChI is InChI=1S/C12H16N6O6.ClH/c13-9(16-22)4-1-18(11-6(4)10(17-23)14-3-15-11)12-8(21)7(20)5(2-19)24-12;/h1,3,5,7-8,12,19-23H,2H2,(H2,13,16)(H,14,15,17);1H/p-1. The van der Waals surface area contributed by atoms with E-state index in [0.717, 1.165) is 6.33 Å². The highest BCUT2D eigenvalue weighted by molar-refractivity contribution is 6.11. The average molecular weight is 376 g/mol. The van der Waals surface area contributed by atoms with E-state index in [1.54, 1.807) is 0 Å². The second-order valence-corrected chi connectivity index (χ2v) is 5.20. The monoisotopic (exact) mass is 375 g/mol. The summed E-state index contributed by atoms with van der Waals surface area (Å²) >= 11 is 0. The highest BCUT2D eigenvalue weighted by Gasteiger charge is 2.44. The number of aromatic nitrogens is 3. The van der Waals surface area contributed by atoms with Gasteiger partial charge in [-0.1, -0.05) is 5.16 Å². The third-order valence-electron chi connectivity index (χ3n) is 3.89. The van der Waals surface area contributed by atoms with Gasteiger partial charge < -0.3 is 48.0 Å². The molecule has 8 N–H and O–H groups in total. The first-order valence-electron chi connectivity index (χ1n) is 6.89. The smallest absolute Gasteiger partial charge is 0.172 e. The lowest BCUT2D eigenvalue weighted by atomic mass is 10.1. The molecule has 0 aromatic carbocycles. The summed E-state index contributed by atoms with van der Waals surface area (Å²) in [7, 11) is 0. The molecule has 0 amide bonds. The number of halogens is 1. The summed E-state index contributed by atoms with van der Waals surface area (Å²) in [5, 5.41) is 50.6. The van der Waals surface area contributed by atoms with Crippen LogP contribution >= 0.6 is 0 Å². The largest absolute Gasteiger partial charge is 1.00 e. The zero-order valence-corrected chi connectivity index (χ0v) is 13.3. The van der Waals surface area contributed by atoms with Gasteiger partial charge in [0.1, 0.15) is 30.3 Å². The molecule has 1 aliphatic heterocycles. The number of oxime groups is 1. The maximum Gasteiger partial charge on any atom is 0.172 e. The molecule has 0 aliphatic carbocycles. The van der Waals surface area contributed by atoms with Gasteiger partial charge in [-0.25, -0.2) is 9.97 Å². The predicted molar refractivity (Wildman–Crippen MR) is 78.5 cm³/mol. The number of hydrogen-bond acceptors (Lipinski definition) is 10. The van der Waals surface area contributed by atoms with Crippen LogP contribution < -0.4 is 23.6 Å². The van der Waals surface area contributed by atoms with Gasteiger partial charge in [-0.05, 0) is 0 Å². The molecule has 1 saturated heterocycles. The number of fused-ring (bicyclic) bond motifs is 1. The van der Waals surface area contributed by atoms with Crippen molar-refractivity contribution < 1.29 is 42.9 Å². The fourth-order valence-corrected chi connectivity index (χ4v) is 2.72. The van der Waals surface area contributed by atoms with Crippen LogP contribution in [0.25, 0.3) is 11.0 Å². The lowest BCUT2D eigenvalue weighted by Gasteiger charge is -2.17. The molecule has 25 heavy (non-hydrogen) atoms. The van der Waals surface area contributed by atoms with Gasteiger partial charge in [0.25, 0.3) is 0 Å². The van der Waals surface area contributed by atoms with E-state index in [4.69, 9.17) is 15.7 Å². The van der Waals surface area contributed by atoms with E-state index >= 15 is 0 Å². The molecule has 0 saturated carbocycles. The van der Waals surface area contributed by atoms with Gasteiger partial charge >= 0.3 is 0 Å². The van der Waals surface area contributed by atoms with Gasteiger partial charge in [-0.3, -0.25) is 10.7 Å². The molecule has 0 radical (unpaired) electrons. The Labute approximate surface area is 146 Å². The van der Waals surface area contributed by atoms with Crippen LogP contribution in [0.2, 0.25) is 0 Å². The van der Waals surface area contributed by atoms with Crippen molar-refractivity contribution in [3.63, 3.8) is 0 Å². The van der Waals surface area contributed by atoms with Gasteiger partial charge in [-0.15, -0.1) is 0 Å². The number of hydrogen-bond donors (Lipinski definition) is 7. The highest BCUT2D eigenvalue weighted by atomic mass is 35.5. The van der Waals surface area contributed by atoms with Crippen molar-refractivity contribution in [2.24, 2.45) is 10.9 Å². The Morgan fingerprint density at radius 2 is 2.08 bits per heavy atom. The predicted octanol–water partition coefficient (Wildman–Crippen LogP) is -5.06. The van der Waals surface area contributed by atoms with Gasteiger partial charge in [0, 0.05) is 6.20 Å². The molecule has 1 aliphatic rings. The van der Waals surface area contributed by atoms with Crippen molar-refractivity contribution in [1.82, 2.24) is 14.5 Å². The van der Waals surface area contributed by atoms with Crippen molar-refractivity contribution in [3.8, 4) is 0 Å². The van der Waals surface area contributed by atoms with E-state index in [9.17, 15) is 20.5 Å². The molecule has 138 valence electrons. The highest BCUT2D eigenvalue weighted by Crippen LogP contribution is 2.34. The fourth-order valence-electron chi connectivity index (χ4n) is 2.72. The number of aliphatic hydroxyl groups is 3. The summed E-state index contributed by atoms with van der Waals surface area (Å²) in [6.07, 6.45) is -2.20. The normalized spacial score (nSPS) is 26.6. The van der Waals surface area contributed by atoms with E-state index in [-0.39, 0.29) is 40.7 Å².